The van der Waals surface area contributed by atoms with Crippen molar-refractivity contribution < 1.29 is 32.3 Å². The van der Waals surface area contributed by atoms with Gasteiger partial charge in [0.05, 0.1) is 18.5 Å². The molecule has 0 bridgehead atoms. The third kappa shape index (κ3) is 4.04. The number of carbonyl (C=O) groups is 1. The second kappa shape index (κ2) is 7.68. The second-order valence-electron chi connectivity index (χ2n) is 5.70. The zero-order valence-electron chi connectivity index (χ0n) is 14.7. The fourth-order valence-electron chi connectivity index (χ4n) is 2.49. The Hall–Kier alpha value is -2.79. The van der Waals surface area contributed by atoms with Crippen molar-refractivity contribution in [3.63, 3.8) is 0 Å². The predicted octanol–water partition coefficient (Wildman–Crippen LogP) is 3.17. The van der Waals surface area contributed by atoms with Crippen molar-refractivity contribution in [2.24, 2.45) is 0 Å². The molecule has 0 aliphatic carbocycles. The van der Waals surface area contributed by atoms with Crippen LogP contribution in [0, 0.1) is 6.92 Å². The number of nitrogens with one attached hydrogen (secondary N) is 1. The van der Waals surface area contributed by atoms with Crippen molar-refractivity contribution in [1.29, 1.82) is 0 Å². The number of halogens is 1. The number of aliphatic carboxylic acids is 1. The summed E-state index contributed by atoms with van der Waals surface area (Å²) in [5.74, 6) is -1.09. The highest BCUT2D eigenvalue weighted by Gasteiger charge is 2.23. The number of nitrogens with zero attached hydrogens (tertiary/aromatic N) is 1. The van der Waals surface area contributed by atoms with Gasteiger partial charge in [0.1, 0.15) is 16.4 Å². The van der Waals surface area contributed by atoms with E-state index >= 15 is 0 Å². The summed E-state index contributed by atoms with van der Waals surface area (Å²) in [7, 11) is -2.75. The first-order valence-corrected chi connectivity index (χ1v) is 10.1. The average molecular weight is 471 g/mol. The number of carboxylic acids is 1. The highest BCUT2D eigenvalue weighted by atomic mass is 79.9. The monoisotopic (exact) mass is 470 g/mol. The summed E-state index contributed by atoms with van der Waals surface area (Å²) in [4.78, 5) is 10.5. The maximum Gasteiger partial charge on any atom is 0.341 e. The Morgan fingerprint density at radius 3 is 2.71 bits per heavy atom. The Balaban J connectivity index is 2.05. The van der Waals surface area contributed by atoms with E-state index in [1.807, 2.05) is 0 Å². The largest absolute Gasteiger partial charge is 0.494 e. The van der Waals surface area contributed by atoms with Crippen LogP contribution < -0.4 is 14.2 Å². The highest BCUT2D eigenvalue weighted by Crippen LogP contribution is 2.35. The summed E-state index contributed by atoms with van der Waals surface area (Å²) in [6, 6.07) is 7.30. The lowest BCUT2D eigenvalue weighted by atomic mass is 10.2. The first-order valence-electron chi connectivity index (χ1n) is 7.82. The van der Waals surface area contributed by atoms with Crippen LogP contribution in [0.1, 0.15) is 5.69 Å². The Morgan fingerprint density at radius 2 is 2.04 bits per heavy atom. The van der Waals surface area contributed by atoms with Crippen LogP contribution in [0.4, 0.5) is 5.69 Å². The number of aromatic nitrogens is 1. The van der Waals surface area contributed by atoms with E-state index in [0.717, 1.165) is 0 Å². The van der Waals surface area contributed by atoms with Gasteiger partial charge < -0.3 is 19.1 Å². The molecule has 28 heavy (non-hydrogen) atoms. The van der Waals surface area contributed by atoms with E-state index in [4.69, 9.17) is 19.1 Å². The van der Waals surface area contributed by atoms with Crippen molar-refractivity contribution in [1.82, 2.24) is 5.16 Å². The van der Waals surface area contributed by atoms with Gasteiger partial charge in [0.15, 0.2) is 12.2 Å². The molecule has 0 spiro atoms. The third-order valence-corrected chi connectivity index (χ3v) is 5.64. The number of hydrogen-bond donors (Lipinski definition) is 2. The van der Waals surface area contributed by atoms with Gasteiger partial charge >= 0.3 is 5.97 Å². The molecule has 1 aromatic heterocycles. The van der Waals surface area contributed by atoms with Crippen LogP contribution >= 0.6 is 15.9 Å². The van der Waals surface area contributed by atoms with E-state index in [1.54, 1.807) is 19.1 Å². The number of rotatable bonds is 7. The Kier molecular flexibility index (Phi) is 5.47. The van der Waals surface area contributed by atoms with Gasteiger partial charge in [-0.2, -0.15) is 0 Å². The van der Waals surface area contributed by atoms with Gasteiger partial charge in [0, 0.05) is 15.9 Å². The summed E-state index contributed by atoms with van der Waals surface area (Å²) in [5.41, 5.74) is 1.21. The molecule has 0 unspecified atom stereocenters. The molecule has 148 valence electrons. The predicted molar refractivity (Wildman–Crippen MR) is 103 cm³/mol. The van der Waals surface area contributed by atoms with Crippen LogP contribution in [-0.4, -0.2) is 38.4 Å². The summed E-state index contributed by atoms with van der Waals surface area (Å²) >= 11 is 3.21. The first kappa shape index (κ1) is 20.0. The van der Waals surface area contributed by atoms with Crippen molar-refractivity contribution in [2.45, 2.75) is 11.8 Å². The van der Waals surface area contributed by atoms with Crippen LogP contribution in [0.2, 0.25) is 0 Å². The summed E-state index contributed by atoms with van der Waals surface area (Å²) in [5, 5.41) is 13.3. The SMILES string of the molecule is COc1cc2onc(C)c2cc1NS(=O)(=O)c1cc(Br)ccc1OCC(=O)O. The molecule has 0 atom stereocenters. The molecule has 0 saturated heterocycles. The van der Waals surface area contributed by atoms with E-state index in [2.05, 4.69) is 25.8 Å². The minimum atomic E-state index is -4.14. The third-order valence-electron chi connectivity index (χ3n) is 3.76. The van der Waals surface area contributed by atoms with Gasteiger partial charge in [-0.15, -0.1) is 0 Å². The lowest BCUT2D eigenvalue weighted by molar-refractivity contribution is -0.139. The molecular formula is C17H15BrN2O7S. The number of sulfonamides is 1. The summed E-state index contributed by atoms with van der Waals surface area (Å²) in [6.07, 6.45) is 0. The number of carboxylic acid groups (broad SMARTS) is 1. The van der Waals surface area contributed by atoms with Crippen molar-refractivity contribution in [3.8, 4) is 11.5 Å². The standard InChI is InChI=1S/C17H15BrN2O7S/c1-9-11-6-12(15(25-2)7-14(11)27-19-9)20-28(23,24)16-5-10(18)3-4-13(16)26-8-17(21)22/h3-7,20H,8H2,1-2H3,(H,21,22). The minimum Gasteiger partial charge on any atom is -0.494 e. The molecule has 9 nitrogen and oxygen atoms in total. The van der Waals surface area contributed by atoms with Crippen LogP contribution in [0.25, 0.3) is 11.0 Å². The molecule has 3 rings (SSSR count). The number of benzene rings is 2. The lowest BCUT2D eigenvalue weighted by Crippen LogP contribution is -2.17. The molecule has 0 aliphatic rings. The van der Waals surface area contributed by atoms with E-state index in [1.165, 1.54) is 25.3 Å². The zero-order chi connectivity index (χ0) is 20.5. The fraction of sp³-hybridized carbons (Fsp3) is 0.176. The second-order valence-corrected chi connectivity index (χ2v) is 8.26. The fourth-order valence-corrected chi connectivity index (χ4v) is 4.23. The van der Waals surface area contributed by atoms with E-state index in [9.17, 15) is 13.2 Å². The van der Waals surface area contributed by atoms with Gasteiger partial charge in [-0.1, -0.05) is 21.1 Å². The number of ether oxygens (including phenoxy) is 2. The molecule has 11 heteroatoms. The number of fused-ring (bicyclic) bond motifs is 1. The number of aryl methyl sites for hydroxylation is 1. The number of methoxy groups -OCH3 is 1. The van der Waals surface area contributed by atoms with Gasteiger partial charge in [0.2, 0.25) is 0 Å². The molecule has 3 aromatic rings. The van der Waals surface area contributed by atoms with Gasteiger partial charge in [-0.25, -0.2) is 13.2 Å². The smallest absolute Gasteiger partial charge is 0.341 e. The topological polar surface area (TPSA) is 128 Å². The summed E-state index contributed by atoms with van der Waals surface area (Å²) < 4.78 is 44.4. The molecule has 1 heterocycles. The first-order chi connectivity index (χ1) is 13.2. The highest BCUT2D eigenvalue weighted by molar-refractivity contribution is 9.10. The van der Waals surface area contributed by atoms with Crippen LogP contribution in [0.5, 0.6) is 11.5 Å². The van der Waals surface area contributed by atoms with Crippen LogP contribution in [0.3, 0.4) is 0 Å². The van der Waals surface area contributed by atoms with Crippen molar-refractivity contribution in [2.75, 3.05) is 18.4 Å². The number of hydrogen-bond acceptors (Lipinski definition) is 7. The lowest BCUT2D eigenvalue weighted by Gasteiger charge is -2.15. The maximum absolute atomic E-state index is 13.0. The minimum absolute atomic E-state index is 0.0979. The molecule has 2 N–H and O–H groups in total. The Labute approximate surface area is 168 Å². The Morgan fingerprint density at radius 1 is 1.29 bits per heavy atom. The molecular weight excluding hydrogens is 456 g/mol. The summed E-state index contributed by atoms with van der Waals surface area (Å²) in [6.45, 7) is 1.04. The van der Waals surface area contributed by atoms with E-state index in [-0.39, 0.29) is 22.1 Å². The van der Waals surface area contributed by atoms with Crippen LogP contribution in [-0.2, 0) is 14.8 Å². The van der Waals surface area contributed by atoms with Crippen LogP contribution in [0.15, 0.2) is 44.2 Å². The average Bonchev–Trinajstić information content (AvgIpc) is 2.99. The molecule has 0 amide bonds. The zero-order valence-corrected chi connectivity index (χ0v) is 17.1. The molecule has 0 aliphatic heterocycles. The molecule has 0 fully saturated rings. The van der Waals surface area contributed by atoms with Gasteiger partial charge in [-0.05, 0) is 31.2 Å². The van der Waals surface area contributed by atoms with Gasteiger partial charge in [0.25, 0.3) is 10.0 Å². The van der Waals surface area contributed by atoms with Crippen molar-refractivity contribution >= 4 is 48.6 Å². The Bertz CT molecular complexity index is 1160. The normalized spacial score (nSPS) is 11.4. The molecule has 0 saturated carbocycles. The van der Waals surface area contributed by atoms with E-state index < -0.39 is 22.6 Å². The molecule has 2 aromatic carbocycles. The number of anilines is 1. The quantitative estimate of drug-likeness (QED) is 0.538. The molecule has 0 radical (unpaired) electrons. The van der Waals surface area contributed by atoms with E-state index in [0.29, 0.717) is 21.1 Å². The maximum atomic E-state index is 13.0. The van der Waals surface area contributed by atoms with Gasteiger partial charge in [-0.3, -0.25) is 4.72 Å². The van der Waals surface area contributed by atoms with Crippen molar-refractivity contribution in [3.05, 3.63) is 40.5 Å².